The Hall–Kier alpha value is -3.34. The largest absolute Gasteiger partial charge is 0.318 e. The molecule has 2 aromatic rings. The number of imidazole rings is 1. The van der Waals surface area contributed by atoms with E-state index in [1.165, 1.54) is 29.7 Å². The Balaban J connectivity index is 1.60. The Labute approximate surface area is 155 Å². The fraction of sp³-hybridized carbons (Fsp3) is 0.263. The van der Waals surface area contributed by atoms with Gasteiger partial charge in [0.1, 0.15) is 23.4 Å². The molecule has 1 amide bonds. The van der Waals surface area contributed by atoms with Crippen molar-refractivity contribution < 1.29 is 13.6 Å². The highest BCUT2D eigenvalue weighted by molar-refractivity contribution is 5.80. The molecule has 1 aliphatic heterocycles. The average Bonchev–Trinajstić information content (AvgIpc) is 3.27. The zero-order valence-electron chi connectivity index (χ0n) is 14.5. The minimum Gasteiger partial charge on any atom is -0.318 e. The van der Waals surface area contributed by atoms with Gasteiger partial charge in [0.2, 0.25) is 5.91 Å². The van der Waals surface area contributed by atoms with Crippen molar-refractivity contribution in [1.29, 1.82) is 5.26 Å². The van der Waals surface area contributed by atoms with Crippen LogP contribution in [0.4, 0.5) is 8.78 Å². The molecule has 0 spiro atoms. The van der Waals surface area contributed by atoms with Crippen LogP contribution in [-0.4, -0.2) is 26.7 Å². The number of carbonyl (C=O) groups is 1. The summed E-state index contributed by atoms with van der Waals surface area (Å²) in [4.78, 5) is 16.4. The Bertz CT molecular complexity index is 924. The number of amides is 1. The van der Waals surface area contributed by atoms with Crippen molar-refractivity contribution in [1.82, 2.24) is 14.6 Å². The van der Waals surface area contributed by atoms with Crippen molar-refractivity contribution in [2.75, 3.05) is 0 Å². The molecule has 0 aliphatic carbocycles. The summed E-state index contributed by atoms with van der Waals surface area (Å²) in [6, 6.07) is 4.73. The van der Waals surface area contributed by atoms with Gasteiger partial charge in [-0.3, -0.25) is 4.79 Å². The third-order valence-electron chi connectivity index (χ3n) is 4.27. The summed E-state index contributed by atoms with van der Waals surface area (Å²) >= 11 is 0. The molecule has 0 saturated heterocycles. The number of hydrogen-bond donors (Lipinski definition) is 0. The highest BCUT2D eigenvalue weighted by Crippen LogP contribution is 2.30. The van der Waals surface area contributed by atoms with Gasteiger partial charge in [-0.1, -0.05) is 12.2 Å². The maximum absolute atomic E-state index is 13.5. The van der Waals surface area contributed by atoms with E-state index in [-0.39, 0.29) is 12.3 Å². The predicted octanol–water partition coefficient (Wildman–Crippen LogP) is 3.33. The van der Waals surface area contributed by atoms with Crippen molar-refractivity contribution in [2.24, 2.45) is 5.10 Å². The van der Waals surface area contributed by atoms with Crippen LogP contribution in [0.2, 0.25) is 0 Å². The van der Waals surface area contributed by atoms with Gasteiger partial charge in [-0.2, -0.15) is 10.4 Å². The molecule has 0 bridgehead atoms. The monoisotopic (exact) mass is 369 g/mol. The third-order valence-corrected chi connectivity index (χ3v) is 4.27. The summed E-state index contributed by atoms with van der Waals surface area (Å²) in [5, 5.41) is 14.3. The van der Waals surface area contributed by atoms with Crippen molar-refractivity contribution >= 4 is 12.1 Å². The summed E-state index contributed by atoms with van der Waals surface area (Å²) in [6.45, 7) is 4.32. The number of carbonyl (C=O) groups excluding carboxylic acids is 1. The maximum Gasteiger partial charge on any atom is 0.243 e. The Morgan fingerprint density at radius 3 is 2.74 bits per heavy atom. The molecule has 3 rings (SSSR count). The van der Waals surface area contributed by atoms with Crippen LogP contribution in [0.1, 0.15) is 36.6 Å². The number of rotatable bonds is 6. The molecule has 0 N–H and O–H groups in total. The first-order chi connectivity index (χ1) is 13.0. The van der Waals surface area contributed by atoms with Gasteiger partial charge in [-0.15, -0.1) is 0 Å². The fourth-order valence-corrected chi connectivity index (χ4v) is 2.96. The molecule has 8 heteroatoms. The lowest BCUT2D eigenvalue weighted by Crippen LogP contribution is -2.27. The number of nitriles is 1. The van der Waals surface area contributed by atoms with Gasteiger partial charge in [-0.05, 0) is 24.1 Å². The molecular formula is C19H17F2N5O. The molecule has 1 atom stereocenters. The van der Waals surface area contributed by atoms with E-state index < -0.39 is 17.7 Å². The molecule has 1 aliphatic rings. The van der Waals surface area contributed by atoms with Gasteiger partial charge < -0.3 is 4.57 Å². The Kier molecular flexibility index (Phi) is 5.41. The Morgan fingerprint density at radius 1 is 1.30 bits per heavy atom. The van der Waals surface area contributed by atoms with Crippen LogP contribution < -0.4 is 0 Å². The summed E-state index contributed by atoms with van der Waals surface area (Å²) < 4.78 is 28.6. The molecule has 27 heavy (non-hydrogen) atoms. The van der Waals surface area contributed by atoms with E-state index in [1.54, 1.807) is 10.8 Å². The number of halogens is 2. The van der Waals surface area contributed by atoms with Gasteiger partial charge in [-0.25, -0.2) is 18.8 Å². The van der Waals surface area contributed by atoms with Crippen LogP contribution in [0.3, 0.4) is 0 Å². The van der Waals surface area contributed by atoms with E-state index >= 15 is 0 Å². The molecule has 2 heterocycles. The maximum atomic E-state index is 13.5. The first-order valence-corrected chi connectivity index (χ1v) is 8.35. The zero-order valence-corrected chi connectivity index (χ0v) is 14.5. The van der Waals surface area contributed by atoms with Crippen LogP contribution in [0, 0.1) is 23.0 Å². The fourth-order valence-electron chi connectivity index (χ4n) is 2.96. The quantitative estimate of drug-likeness (QED) is 0.733. The van der Waals surface area contributed by atoms with E-state index in [9.17, 15) is 13.6 Å². The van der Waals surface area contributed by atoms with Gasteiger partial charge in [0.25, 0.3) is 0 Å². The van der Waals surface area contributed by atoms with Crippen molar-refractivity contribution in [3.63, 3.8) is 0 Å². The number of hydrazone groups is 1. The standard InChI is InChI=1S/C19H17F2N5O/c1-13(11-25-12-23-10-17(25)9-22)2-3-19(27)26-18(4-5-24-26)14-6-15(20)8-16(21)7-14/h5-8,10,12,18H,1-4,11H2. The van der Waals surface area contributed by atoms with Crippen LogP contribution in [0.25, 0.3) is 0 Å². The van der Waals surface area contributed by atoms with Crippen LogP contribution in [-0.2, 0) is 11.3 Å². The van der Waals surface area contributed by atoms with E-state index in [2.05, 4.69) is 16.7 Å². The molecule has 1 aromatic carbocycles. The molecule has 0 radical (unpaired) electrons. The second-order valence-electron chi connectivity index (χ2n) is 6.26. The van der Waals surface area contributed by atoms with Gasteiger partial charge in [0.15, 0.2) is 0 Å². The van der Waals surface area contributed by atoms with Crippen LogP contribution in [0.5, 0.6) is 0 Å². The summed E-state index contributed by atoms with van der Waals surface area (Å²) in [5.41, 5.74) is 1.54. The molecule has 1 unspecified atom stereocenters. The number of allylic oxidation sites excluding steroid dienone is 1. The minimum atomic E-state index is -0.689. The SMILES string of the molecule is C=C(CCC(=O)N1N=CCC1c1cc(F)cc(F)c1)Cn1cncc1C#N. The lowest BCUT2D eigenvalue weighted by Gasteiger charge is -2.22. The molecule has 0 saturated carbocycles. The van der Waals surface area contributed by atoms with Crippen LogP contribution in [0.15, 0.2) is 48.0 Å². The van der Waals surface area contributed by atoms with Gasteiger partial charge >= 0.3 is 0 Å². The highest BCUT2D eigenvalue weighted by Gasteiger charge is 2.28. The number of aromatic nitrogens is 2. The van der Waals surface area contributed by atoms with Crippen molar-refractivity contribution in [3.8, 4) is 6.07 Å². The summed E-state index contributed by atoms with van der Waals surface area (Å²) in [5.74, 6) is -1.64. The van der Waals surface area contributed by atoms with E-state index in [4.69, 9.17) is 5.26 Å². The van der Waals surface area contributed by atoms with E-state index in [1.807, 2.05) is 6.07 Å². The normalized spacial score (nSPS) is 15.7. The predicted molar refractivity (Wildman–Crippen MR) is 94.4 cm³/mol. The zero-order chi connectivity index (χ0) is 19.4. The Morgan fingerprint density at radius 2 is 2.04 bits per heavy atom. The number of hydrogen-bond acceptors (Lipinski definition) is 4. The average molecular weight is 369 g/mol. The topological polar surface area (TPSA) is 74.3 Å². The molecule has 138 valence electrons. The van der Waals surface area contributed by atoms with Gasteiger partial charge in [0.05, 0.1) is 18.6 Å². The lowest BCUT2D eigenvalue weighted by atomic mass is 10.0. The summed E-state index contributed by atoms with van der Waals surface area (Å²) in [7, 11) is 0. The molecule has 6 nitrogen and oxygen atoms in total. The van der Waals surface area contributed by atoms with Crippen molar-refractivity contribution in [3.05, 3.63) is 65.8 Å². The number of nitrogens with zero attached hydrogens (tertiary/aromatic N) is 5. The highest BCUT2D eigenvalue weighted by atomic mass is 19.1. The smallest absolute Gasteiger partial charge is 0.243 e. The molecular weight excluding hydrogens is 352 g/mol. The van der Waals surface area contributed by atoms with Gasteiger partial charge in [0, 0.05) is 31.7 Å². The second kappa shape index (κ2) is 7.91. The molecule has 0 fully saturated rings. The third kappa shape index (κ3) is 4.26. The first-order valence-electron chi connectivity index (χ1n) is 8.35. The summed E-state index contributed by atoms with van der Waals surface area (Å²) in [6.07, 6.45) is 5.51. The first kappa shape index (κ1) is 18.5. The minimum absolute atomic E-state index is 0.154. The van der Waals surface area contributed by atoms with E-state index in [0.29, 0.717) is 30.6 Å². The van der Waals surface area contributed by atoms with Crippen LogP contribution >= 0.6 is 0 Å². The molecule has 1 aromatic heterocycles. The number of benzene rings is 1. The lowest BCUT2D eigenvalue weighted by molar-refractivity contribution is -0.133. The van der Waals surface area contributed by atoms with Crippen molar-refractivity contribution in [2.45, 2.75) is 31.8 Å². The van der Waals surface area contributed by atoms with E-state index in [0.717, 1.165) is 11.6 Å². The second-order valence-corrected chi connectivity index (χ2v) is 6.26.